The summed E-state index contributed by atoms with van der Waals surface area (Å²) in [5.41, 5.74) is 3.22. The van der Waals surface area contributed by atoms with Gasteiger partial charge in [-0.3, -0.25) is 4.79 Å². The van der Waals surface area contributed by atoms with Crippen molar-refractivity contribution in [2.45, 2.75) is 33.6 Å². The van der Waals surface area contributed by atoms with Crippen molar-refractivity contribution >= 4 is 6.29 Å². The Hall–Kier alpha value is -1.91. The number of aromatic nitrogens is 3. The smallest absolute Gasteiger partial charge is 0.250 e. The van der Waals surface area contributed by atoms with Crippen LogP contribution in [0.15, 0.2) is 4.42 Å². The van der Waals surface area contributed by atoms with Gasteiger partial charge < -0.3 is 8.98 Å². The van der Waals surface area contributed by atoms with Gasteiger partial charge in [0.1, 0.15) is 0 Å². The van der Waals surface area contributed by atoms with Gasteiger partial charge in [0, 0.05) is 29.9 Å². The summed E-state index contributed by atoms with van der Waals surface area (Å²) >= 11 is 0. The second-order valence-electron chi connectivity index (χ2n) is 4.74. The molecule has 2 heterocycles. The molecular formula is C13H17N3O2. The number of hydrogen-bond acceptors (Lipinski definition) is 4. The molecule has 2 rings (SSSR count). The SMILES string of the molecule is Cc1c(C=O)c(-c2nnc(C(C)C)o2)c(C)n1C. The third-order valence-electron chi connectivity index (χ3n) is 3.29. The molecule has 2 aromatic rings. The average Bonchev–Trinajstić information content (AvgIpc) is 2.88. The molecule has 0 radical (unpaired) electrons. The summed E-state index contributed by atoms with van der Waals surface area (Å²) in [4.78, 5) is 11.2. The average molecular weight is 247 g/mol. The molecule has 0 fully saturated rings. The summed E-state index contributed by atoms with van der Waals surface area (Å²) in [6.45, 7) is 7.82. The highest BCUT2D eigenvalue weighted by Gasteiger charge is 2.22. The maximum atomic E-state index is 11.2. The van der Waals surface area contributed by atoms with Crippen LogP contribution < -0.4 is 0 Å². The molecule has 5 nitrogen and oxygen atoms in total. The molecule has 5 heteroatoms. The minimum atomic E-state index is 0.177. The van der Waals surface area contributed by atoms with Gasteiger partial charge in [-0.2, -0.15) is 0 Å². The van der Waals surface area contributed by atoms with Gasteiger partial charge >= 0.3 is 0 Å². The first-order valence-corrected chi connectivity index (χ1v) is 5.92. The maximum Gasteiger partial charge on any atom is 0.250 e. The molecule has 18 heavy (non-hydrogen) atoms. The Morgan fingerprint density at radius 1 is 1.22 bits per heavy atom. The zero-order chi connectivity index (χ0) is 13.4. The summed E-state index contributed by atoms with van der Waals surface area (Å²) in [5, 5.41) is 8.05. The highest BCUT2D eigenvalue weighted by molar-refractivity contribution is 5.88. The monoisotopic (exact) mass is 247 g/mol. The van der Waals surface area contributed by atoms with Crippen LogP contribution in [0.2, 0.25) is 0 Å². The molecule has 0 spiro atoms. The van der Waals surface area contributed by atoms with Crippen LogP contribution in [0, 0.1) is 13.8 Å². The number of hydrogen-bond donors (Lipinski definition) is 0. The quantitative estimate of drug-likeness (QED) is 0.782. The summed E-state index contributed by atoms with van der Waals surface area (Å²) in [5.74, 6) is 1.18. The summed E-state index contributed by atoms with van der Waals surface area (Å²) in [6, 6.07) is 0. The van der Waals surface area contributed by atoms with Crippen molar-refractivity contribution in [1.82, 2.24) is 14.8 Å². The molecule has 0 aliphatic rings. The molecule has 0 aliphatic carbocycles. The molecule has 0 amide bonds. The van der Waals surface area contributed by atoms with Gasteiger partial charge in [0.15, 0.2) is 6.29 Å². The number of nitrogens with zero attached hydrogens (tertiary/aromatic N) is 3. The molecule has 0 aliphatic heterocycles. The highest BCUT2D eigenvalue weighted by Crippen LogP contribution is 2.30. The van der Waals surface area contributed by atoms with Crippen molar-refractivity contribution in [3.63, 3.8) is 0 Å². The second kappa shape index (κ2) is 4.40. The predicted molar refractivity (Wildman–Crippen MR) is 67.7 cm³/mol. The van der Waals surface area contributed by atoms with Crippen molar-refractivity contribution in [2.24, 2.45) is 7.05 Å². The Bertz CT molecular complexity index is 594. The van der Waals surface area contributed by atoms with Gasteiger partial charge in [0.05, 0.1) is 5.56 Å². The Kier molecular flexibility index (Phi) is 3.07. The minimum Gasteiger partial charge on any atom is -0.420 e. The Labute approximate surface area is 106 Å². The van der Waals surface area contributed by atoms with Crippen LogP contribution in [0.3, 0.4) is 0 Å². The molecule has 96 valence electrons. The first kappa shape index (κ1) is 12.5. The van der Waals surface area contributed by atoms with Crippen LogP contribution in [-0.2, 0) is 7.05 Å². The van der Waals surface area contributed by atoms with Crippen LogP contribution in [0.4, 0.5) is 0 Å². The predicted octanol–water partition coefficient (Wildman–Crippen LogP) is 2.63. The Balaban J connectivity index is 2.62. The van der Waals surface area contributed by atoms with Crippen LogP contribution in [-0.4, -0.2) is 21.1 Å². The number of rotatable bonds is 3. The minimum absolute atomic E-state index is 0.177. The van der Waals surface area contributed by atoms with E-state index in [-0.39, 0.29) is 5.92 Å². The van der Waals surface area contributed by atoms with Gasteiger partial charge in [0.25, 0.3) is 0 Å². The van der Waals surface area contributed by atoms with Crippen LogP contribution in [0.5, 0.6) is 0 Å². The third kappa shape index (κ3) is 1.75. The van der Waals surface area contributed by atoms with E-state index in [1.54, 1.807) is 0 Å². The van der Waals surface area contributed by atoms with Crippen LogP contribution >= 0.6 is 0 Å². The maximum absolute atomic E-state index is 11.2. The zero-order valence-electron chi connectivity index (χ0n) is 11.3. The lowest BCUT2D eigenvalue weighted by molar-refractivity contribution is 0.112. The van der Waals surface area contributed by atoms with E-state index in [4.69, 9.17) is 4.42 Å². The first-order valence-electron chi connectivity index (χ1n) is 5.92. The molecule has 0 bridgehead atoms. The highest BCUT2D eigenvalue weighted by atomic mass is 16.4. The van der Waals surface area contributed by atoms with E-state index in [0.29, 0.717) is 17.3 Å². The molecular weight excluding hydrogens is 230 g/mol. The number of aldehydes is 1. The topological polar surface area (TPSA) is 60.9 Å². The molecule has 0 N–H and O–H groups in total. The van der Waals surface area contributed by atoms with Gasteiger partial charge in [-0.1, -0.05) is 13.8 Å². The second-order valence-corrected chi connectivity index (χ2v) is 4.74. The Morgan fingerprint density at radius 2 is 1.89 bits per heavy atom. The van der Waals surface area contributed by atoms with Gasteiger partial charge in [0.2, 0.25) is 11.8 Å². The molecule has 0 saturated carbocycles. The third-order valence-corrected chi connectivity index (χ3v) is 3.29. The normalized spacial score (nSPS) is 11.2. The lowest BCUT2D eigenvalue weighted by Crippen LogP contribution is -1.93. The molecule has 2 aromatic heterocycles. The summed E-state index contributed by atoms with van der Waals surface area (Å²) in [6.07, 6.45) is 0.844. The lowest BCUT2D eigenvalue weighted by Gasteiger charge is -1.99. The Morgan fingerprint density at radius 3 is 2.39 bits per heavy atom. The van der Waals surface area contributed by atoms with Crippen molar-refractivity contribution in [3.05, 3.63) is 22.8 Å². The largest absolute Gasteiger partial charge is 0.420 e. The zero-order valence-corrected chi connectivity index (χ0v) is 11.3. The lowest BCUT2D eigenvalue weighted by atomic mass is 10.1. The van der Waals surface area contributed by atoms with E-state index in [0.717, 1.165) is 23.2 Å². The molecule has 0 saturated heterocycles. The fourth-order valence-electron chi connectivity index (χ4n) is 1.96. The van der Waals surface area contributed by atoms with E-state index in [9.17, 15) is 4.79 Å². The van der Waals surface area contributed by atoms with E-state index < -0.39 is 0 Å². The van der Waals surface area contributed by atoms with E-state index >= 15 is 0 Å². The standard InChI is InChI=1S/C13H17N3O2/c1-7(2)12-14-15-13(18-12)11-9(4)16(5)8(3)10(11)6-17/h6-7H,1-5H3. The van der Waals surface area contributed by atoms with Crippen molar-refractivity contribution in [3.8, 4) is 11.5 Å². The fourth-order valence-corrected chi connectivity index (χ4v) is 1.96. The van der Waals surface area contributed by atoms with Crippen LogP contribution in [0.1, 0.15) is 47.4 Å². The van der Waals surface area contributed by atoms with Crippen molar-refractivity contribution in [1.29, 1.82) is 0 Å². The fraction of sp³-hybridized carbons (Fsp3) is 0.462. The number of carbonyl (C=O) groups is 1. The molecule has 0 aromatic carbocycles. The van der Waals surface area contributed by atoms with Crippen LogP contribution in [0.25, 0.3) is 11.5 Å². The van der Waals surface area contributed by atoms with E-state index in [1.807, 2.05) is 39.3 Å². The molecule has 0 atom stereocenters. The van der Waals surface area contributed by atoms with Gasteiger partial charge in [-0.25, -0.2) is 0 Å². The summed E-state index contributed by atoms with van der Waals surface area (Å²) < 4.78 is 7.58. The van der Waals surface area contributed by atoms with Crippen molar-refractivity contribution in [2.75, 3.05) is 0 Å². The number of carbonyl (C=O) groups excluding carboxylic acids is 1. The van der Waals surface area contributed by atoms with Gasteiger partial charge in [-0.15, -0.1) is 10.2 Å². The van der Waals surface area contributed by atoms with Crippen molar-refractivity contribution < 1.29 is 9.21 Å². The summed E-state index contributed by atoms with van der Waals surface area (Å²) in [7, 11) is 1.92. The molecule has 0 unspecified atom stereocenters. The first-order chi connectivity index (χ1) is 8.47. The van der Waals surface area contributed by atoms with Gasteiger partial charge in [-0.05, 0) is 13.8 Å². The van der Waals surface area contributed by atoms with E-state index in [1.165, 1.54) is 0 Å². The van der Waals surface area contributed by atoms with E-state index in [2.05, 4.69) is 10.2 Å².